The third kappa shape index (κ3) is 3.52. The number of hydrogen-bond acceptors (Lipinski definition) is 5. The number of methoxy groups -OCH3 is 1. The van der Waals surface area contributed by atoms with E-state index in [-0.39, 0.29) is 6.79 Å². The van der Waals surface area contributed by atoms with Crippen LogP contribution < -0.4 is 14.2 Å². The average molecular weight is 266 g/mol. The van der Waals surface area contributed by atoms with Crippen molar-refractivity contribution < 1.29 is 14.2 Å². The van der Waals surface area contributed by atoms with Crippen LogP contribution in [-0.4, -0.2) is 57.9 Å². The standard InChI is InChI=1S/C14H22N2O3/c1-15(2)5-6-16(3)9-11-7-12(17-4)14-13(8-11)18-10-19-14/h7-8H,5-6,9-10H2,1-4H3. The maximum absolute atomic E-state index is 5.43. The number of hydrogen-bond donors (Lipinski definition) is 0. The highest BCUT2D eigenvalue weighted by Crippen LogP contribution is 2.41. The van der Waals surface area contributed by atoms with Crippen molar-refractivity contribution in [2.45, 2.75) is 6.54 Å². The molecule has 0 bridgehead atoms. The van der Waals surface area contributed by atoms with E-state index in [0.717, 1.165) is 31.1 Å². The molecule has 1 heterocycles. The second-order valence-electron chi connectivity index (χ2n) is 5.07. The van der Waals surface area contributed by atoms with E-state index < -0.39 is 0 Å². The monoisotopic (exact) mass is 266 g/mol. The van der Waals surface area contributed by atoms with E-state index in [1.165, 1.54) is 5.56 Å². The quantitative estimate of drug-likeness (QED) is 0.778. The van der Waals surface area contributed by atoms with Crippen molar-refractivity contribution in [2.24, 2.45) is 0 Å². The van der Waals surface area contributed by atoms with Gasteiger partial charge in [0, 0.05) is 19.6 Å². The van der Waals surface area contributed by atoms with Gasteiger partial charge in [0.2, 0.25) is 12.5 Å². The smallest absolute Gasteiger partial charge is 0.231 e. The summed E-state index contributed by atoms with van der Waals surface area (Å²) in [7, 11) is 7.92. The van der Waals surface area contributed by atoms with Crippen molar-refractivity contribution in [3.05, 3.63) is 17.7 Å². The highest BCUT2D eigenvalue weighted by molar-refractivity contribution is 5.55. The highest BCUT2D eigenvalue weighted by Gasteiger charge is 2.20. The van der Waals surface area contributed by atoms with Crippen LogP contribution in [0.25, 0.3) is 0 Å². The minimum atomic E-state index is 0.269. The van der Waals surface area contributed by atoms with Crippen molar-refractivity contribution >= 4 is 0 Å². The van der Waals surface area contributed by atoms with Crippen LogP contribution in [0, 0.1) is 0 Å². The molecule has 1 aromatic carbocycles. The summed E-state index contributed by atoms with van der Waals surface area (Å²) in [6.45, 7) is 3.19. The Labute approximate surface area is 114 Å². The Morgan fingerprint density at radius 3 is 2.63 bits per heavy atom. The lowest BCUT2D eigenvalue weighted by molar-refractivity contribution is 0.171. The van der Waals surface area contributed by atoms with E-state index in [1.54, 1.807) is 7.11 Å². The third-order valence-corrected chi connectivity index (χ3v) is 3.10. The number of nitrogens with zero attached hydrogens (tertiary/aromatic N) is 2. The number of rotatable bonds is 6. The van der Waals surface area contributed by atoms with Gasteiger partial charge in [0.1, 0.15) is 0 Å². The van der Waals surface area contributed by atoms with Crippen molar-refractivity contribution in [1.29, 1.82) is 0 Å². The predicted octanol–water partition coefficient (Wildman–Crippen LogP) is 1.42. The van der Waals surface area contributed by atoms with Crippen LogP contribution >= 0.6 is 0 Å². The summed E-state index contributed by atoms with van der Waals surface area (Å²) in [6.07, 6.45) is 0. The summed E-state index contributed by atoms with van der Waals surface area (Å²) in [5.41, 5.74) is 1.17. The van der Waals surface area contributed by atoms with E-state index in [2.05, 4.69) is 30.9 Å². The Morgan fingerprint density at radius 2 is 1.95 bits per heavy atom. The Balaban J connectivity index is 2.04. The van der Waals surface area contributed by atoms with Gasteiger partial charge in [-0.25, -0.2) is 0 Å². The molecule has 0 aliphatic carbocycles. The summed E-state index contributed by atoms with van der Waals surface area (Å²) in [6, 6.07) is 4.04. The zero-order chi connectivity index (χ0) is 13.8. The second kappa shape index (κ2) is 6.12. The lowest BCUT2D eigenvalue weighted by Crippen LogP contribution is -2.28. The molecule has 106 valence electrons. The third-order valence-electron chi connectivity index (χ3n) is 3.10. The maximum Gasteiger partial charge on any atom is 0.231 e. The summed E-state index contributed by atoms with van der Waals surface area (Å²) in [5, 5.41) is 0. The fourth-order valence-electron chi connectivity index (χ4n) is 2.04. The van der Waals surface area contributed by atoms with Gasteiger partial charge in [-0.15, -0.1) is 0 Å². The van der Waals surface area contributed by atoms with Crippen LogP contribution in [0.3, 0.4) is 0 Å². The number of likely N-dealkylation sites (N-methyl/N-ethyl adjacent to an activating group) is 2. The van der Waals surface area contributed by atoms with Gasteiger partial charge >= 0.3 is 0 Å². The maximum atomic E-state index is 5.43. The van der Waals surface area contributed by atoms with E-state index >= 15 is 0 Å². The molecule has 1 aliphatic heterocycles. The Kier molecular flexibility index (Phi) is 4.50. The number of fused-ring (bicyclic) bond motifs is 1. The molecule has 2 rings (SSSR count). The summed E-state index contributed by atoms with van der Waals surface area (Å²) >= 11 is 0. The first-order valence-electron chi connectivity index (χ1n) is 6.40. The first-order valence-corrected chi connectivity index (χ1v) is 6.40. The molecule has 0 aromatic heterocycles. The van der Waals surface area contributed by atoms with Gasteiger partial charge in [-0.05, 0) is 38.8 Å². The van der Waals surface area contributed by atoms with Crippen LogP contribution in [0.2, 0.25) is 0 Å². The predicted molar refractivity (Wildman–Crippen MR) is 74.0 cm³/mol. The van der Waals surface area contributed by atoms with Crippen molar-refractivity contribution in [3.8, 4) is 17.2 Å². The van der Waals surface area contributed by atoms with Crippen LogP contribution in [0.4, 0.5) is 0 Å². The molecule has 0 radical (unpaired) electrons. The Morgan fingerprint density at radius 1 is 1.16 bits per heavy atom. The molecule has 1 aliphatic rings. The molecule has 5 nitrogen and oxygen atoms in total. The van der Waals surface area contributed by atoms with Gasteiger partial charge in [0.25, 0.3) is 0 Å². The lowest BCUT2D eigenvalue weighted by Gasteiger charge is -2.19. The van der Waals surface area contributed by atoms with Gasteiger partial charge < -0.3 is 24.0 Å². The molecule has 0 saturated heterocycles. The zero-order valence-electron chi connectivity index (χ0n) is 12.1. The largest absolute Gasteiger partial charge is 0.493 e. The van der Waals surface area contributed by atoms with Gasteiger partial charge in [-0.3, -0.25) is 0 Å². The molecule has 0 unspecified atom stereocenters. The van der Waals surface area contributed by atoms with Crippen LogP contribution in [-0.2, 0) is 6.54 Å². The van der Waals surface area contributed by atoms with Crippen molar-refractivity contribution in [3.63, 3.8) is 0 Å². The molecular formula is C14H22N2O3. The Hall–Kier alpha value is -1.46. The molecule has 0 amide bonds. The minimum absolute atomic E-state index is 0.269. The van der Waals surface area contributed by atoms with Gasteiger partial charge in [0.05, 0.1) is 7.11 Å². The van der Waals surface area contributed by atoms with Gasteiger partial charge in [-0.2, -0.15) is 0 Å². The summed E-state index contributed by atoms with van der Waals surface area (Å²) in [4.78, 5) is 4.45. The molecular weight excluding hydrogens is 244 g/mol. The fraction of sp³-hybridized carbons (Fsp3) is 0.571. The fourth-order valence-corrected chi connectivity index (χ4v) is 2.04. The molecule has 0 fully saturated rings. The van der Waals surface area contributed by atoms with E-state index in [9.17, 15) is 0 Å². The molecule has 0 atom stereocenters. The highest BCUT2D eigenvalue weighted by atomic mass is 16.7. The zero-order valence-corrected chi connectivity index (χ0v) is 12.1. The normalized spacial score (nSPS) is 13.4. The molecule has 0 N–H and O–H groups in total. The number of benzene rings is 1. The molecule has 19 heavy (non-hydrogen) atoms. The summed E-state index contributed by atoms with van der Waals surface area (Å²) in [5.74, 6) is 2.23. The van der Waals surface area contributed by atoms with Crippen LogP contribution in [0.1, 0.15) is 5.56 Å². The second-order valence-corrected chi connectivity index (χ2v) is 5.07. The van der Waals surface area contributed by atoms with Gasteiger partial charge in [-0.1, -0.05) is 0 Å². The lowest BCUT2D eigenvalue weighted by atomic mass is 10.1. The molecule has 1 aromatic rings. The molecule has 0 spiro atoms. The Bertz CT molecular complexity index is 435. The first kappa shape index (κ1) is 14.0. The van der Waals surface area contributed by atoms with E-state index in [1.807, 2.05) is 12.1 Å². The average Bonchev–Trinajstić information content (AvgIpc) is 2.83. The first-order chi connectivity index (χ1) is 9.10. The van der Waals surface area contributed by atoms with Crippen LogP contribution in [0.5, 0.6) is 17.2 Å². The van der Waals surface area contributed by atoms with Crippen molar-refractivity contribution in [2.75, 3.05) is 48.1 Å². The molecule has 5 heteroatoms. The minimum Gasteiger partial charge on any atom is -0.493 e. The topological polar surface area (TPSA) is 34.2 Å². The van der Waals surface area contributed by atoms with E-state index in [0.29, 0.717) is 5.75 Å². The van der Waals surface area contributed by atoms with Crippen molar-refractivity contribution in [1.82, 2.24) is 9.80 Å². The number of ether oxygens (including phenoxy) is 3. The SMILES string of the molecule is COc1cc(CN(C)CCN(C)C)cc2c1OCO2. The summed E-state index contributed by atoms with van der Waals surface area (Å²) < 4.78 is 16.2. The van der Waals surface area contributed by atoms with E-state index in [4.69, 9.17) is 14.2 Å². The molecule has 0 saturated carbocycles. The van der Waals surface area contributed by atoms with Gasteiger partial charge in [0.15, 0.2) is 11.5 Å². The van der Waals surface area contributed by atoms with Crippen LogP contribution in [0.15, 0.2) is 12.1 Å².